The number of para-hydroxylation sites is 1. The minimum atomic E-state index is -4.30. The minimum absolute atomic E-state index is 0. The maximum atomic E-state index is 12.6. The van der Waals surface area contributed by atoms with Crippen LogP contribution in [-0.2, 0) is 12.7 Å². The van der Waals surface area contributed by atoms with Crippen molar-refractivity contribution in [3.8, 4) is 5.75 Å². The highest BCUT2D eigenvalue weighted by atomic mass is 79.9. The lowest BCUT2D eigenvalue weighted by atomic mass is 9.76. The number of nitrogens with two attached hydrogens (primary N) is 1. The Bertz CT molecular complexity index is 803. The number of methoxy groups -OCH3 is 1. The molecule has 2 aromatic rings. The van der Waals surface area contributed by atoms with Gasteiger partial charge in [-0.3, -0.25) is 0 Å². The molecule has 0 aliphatic heterocycles. The second-order valence-corrected chi connectivity index (χ2v) is 6.64. The Morgan fingerprint density at radius 1 is 1.14 bits per heavy atom. The summed E-state index contributed by atoms with van der Waals surface area (Å²) >= 11 is 0. The van der Waals surface area contributed by atoms with Crippen LogP contribution in [0.1, 0.15) is 35.4 Å². The highest BCUT2D eigenvalue weighted by Gasteiger charge is 2.33. The van der Waals surface area contributed by atoms with Crippen molar-refractivity contribution < 1.29 is 17.9 Å². The van der Waals surface area contributed by atoms with Gasteiger partial charge in [-0.1, -0.05) is 30.3 Å². The topological polar surface area (TPSA) is 59.6 Å². The second-order valence-electron chi connectivity index (χ2n) is 6.64. The zero-order chi connectivity index (χ0) is 19.4. The van der Waals surface area contributed by atoms with Crippen LogP contribution < -0.4 is 15.8 Å². The Morgan fingerprint density at radius 3 is 2.39 bits per heavy atom. The van der Waals surface area contributed by atoms with Crippen LogP contribution in [0.2, 0.25) is 0 Å². The first-order valence-electron chi connectivity index (χ1n) is 8.72. The summed E-state index contributed by atoms with van der Waals surface area (Å²) in [5.41, 5.74) is 7.20. The van der Waals surface area contributed by atoms with Crippen molar-refractivity contribution in [2.75, 3.05) is 7.11 Å². The van der Waals surface area contributed by atoms with Crippen molar-refractivity contribution in [3.63, 3.8) is 0 Å². The molecule has 1 aliphatic rings. The van der Waals surface area contributed by atoms with E-state index in [9.17, 15) is 13.2 Å². The van der Waals surface area contributed by atoms with E-state index in [0.717, 1.165) is 41.9 Å². The van der Waals surface area contributed by atoms with Gasteiger partial charge in [-0.2, -0.15) is 13.2 Å². The largest absolute Gasteiger partial charge is 0.496 e. The lowest BCUT2D eigenvalue weighted by molar-refractivity contribution is -0.137. The van der Waals surface area contributed by atoms with E-state index in [-0.39, 0.29) is 28.9 Å². The number of aliphatic imine (C=N–C) groups is 1. The molecule has 0 amide bonds. The normalized spacial score (nSPS) is 19.4. The highest BCUT2D eigenvalue weighted by Crippen LogP contribution is 2.38. The quantitative estimate of drug-likeness (QED) is 0.507. The highest BCUT2D eigenvalue weighted by molar-refractivity contribution is 8.93. The molecule has 1 fully saturated rings. The van der Waals surface area contributed by atoms with Gasteiger partial charge in [0.1, 0.15) is 5.75 Å². The molecule has 3 rings (SSSR count). The van der Waals surface area contributed by atoms with E-state index in [1.807, 2.05) is 24.3 Å². The van der Waals surface area contributed by atoms with E-state index in [2.05, 4.69) is 10.3 Å². The molecule has 1 aliphatic carbocycles. The predicted molar refractivity (Wildman–Crippen MR) is 109 cm³/mol. The van der Waals surface area contributed by atoms with E-state index in [0.29, 0.717) is 12.5 Å². The number of halogens is 4. The molecule has 0 spiro atoms. The maximum absolute atomic E-state index is 12.6. The summed E-state index contributed by atoms with van der Waals surface area (Å²) in [7, 11) is 1.61. The number of guanidine groups is 1. The molecule has 1 saturated carbocycles. The van der Waals surface area contributed by atoms with Crippen LogP contribution in [0, 0.1) is 0 Å². The zero-order valence-corrected chi connectivity index (χ0v) is 17.1. The first-order chi connectivity index (χ1) is 12.9. The predicted octanol–water partition coefficient (Wildman–Crippen LogP) is 4.64. The molecule has 0 bridgehead atoms. The Morgan fingerprint density at radius 2 is 1.79 bits per heavy atom. The number of nitrogens with one attached hydrogen (secondary N) is 1. The van der Waals surface area contributed by atoms with E-state index in [4.69, 9.17) is 10.5 Å². The first kappa shape index (κ1) is 22.1. The molecule has 28 heavy (non-hydrogen) atoms. The zero-order valence-electron chi connectivity index (χ0n) is 15.4. The molecule has 0 atom stereocenters. The molecular formula is C20H23BrF3N3O. The van der Waals surface area contributed by atoms with Gasteiger partial charge in [0.2, 0.25) is 0 Å². The summed E-state index contributed by atoms with van der Waals surface area (Å²) in [5.74, 6) is 1.36. The second kappa shape index (κ2) is 9.32. The van der Waals surface area contributed by atoms with Crippen molar-refractivity contribution in [1.82, 2.24) is 5.32 Å². The number of nitrogens with zero attached hydrogens (tertiary/aromatic N) is 1. The van der Waals surface area contributed by atoms with Gasteiger partial charge in [0.05, 0.1) is 19.2 Å². The minimum Gasteiger partial charge on any atom is -0.496 e. The number of rotatable bonds is 5. The van der Waals surface area contributed by atoms with Crippen LogP contribution in [0.25, 0.3) is 0 Å². The van der Waals surface area contributed by atoms with Crippen molar-refractivity contribution in [3.05, 3.63) is 65.2 Å². The van der Waals surface area contributed by atoms with Crippen LogP contribution in [-0.4, -0.2) is 19.1 Å². The molecule has 0 aromatic heterocycles. The standard InChI is InChI=1S/C20H22F3N3O.BrH/c1-27-18-5-3-2-4-14(18)12-25-19(24)26-17-10-15(11-17)13-6-8-16(9-7-13)20(21,22)23;/h2-9,15,17H,10-12H2,1H3,(H3,24,25,26);1H. The third-order valence-corrected chi connectivity index (χ3v) is 4.81. The molecule has 3 N–H and O–H groups in total. The van der Waals surface area contributed by atoms with Gasteiger partial charge >= 0.3 is 6.18 Å². The fraction of sp³-hybridized carbons (Fsp3) is 0.350. The average molecular weight is 458 g/mol. The van der Waals surface area contributed by atoms with Gasteiger partial charge in [-0.25, -0.2) is 4.99 Å². The Kier molecular flexibility index (Phi) is 7.35. The molecule has 4 nitrogen and oxygen atoms in total. The number of benzene rings is 2. The van der Waals surface area contributed by atoms with Crippen LogP contribution in [0.5, 0.6) is 5.75 Å². The lowest BCUT2D eigenvalue weighted by Gasteiger charge is -2.36. The van der Waals surface area contributed by atoms with Gasteiger partial charge < -0.3 is 15.8 Å². The Balaban J connectivity index is 0.00000280. The number of alkyl halides is 3. The summed E-state index contributed by atoms with van der Waals surface area (Å²) in [6, 6.07) is 13.2. The van der Waals surface area contributed by atoms with Gasteiger partial charge in [0.25, 0.3) is 0 Å². The van der Waals surface area contributed by atoms with E-state index >= 15 is 0 Å². The molecule has 8 heteroatoms. The van der Waals surface area contributed by atoms with E-state index in [1.54, 1.807) is 19.2 Å². The lowest BCUT2D eigenvalue weighted by Crippen LogP contribution is -2.46. The van der Waals surface area contributed by atoms with E-state index < -0.39 is 11.7 Å². The van der Waals surface area contributed by atoms with Gasteiger partial charge in [0.15, 0.2) is 5.96 Å². The Labute approximate surface area is 172 Å². The molecular weight excluding hydrogens is 435 g/mol. The molecule has 0 saturated heterocycles. The smallest absolute Gasteiger partial charge is 0.416 e. The summed E-state index contributed by atoms with van der Waals surface area (Å²) in [5, 5.41) is 3.17. The van der Waals surface area contributed by atoms with Gasteiger partial charge in [-0.05, 0) is 42.5 Å². The summed E-state index contributed by atoms with van der Waals surface area (Å²) in [6.45, 7) is 0.415. The number of ether oxygens (including phenoxy) is 1. The molecule has 0 heterocycles. The SMILES string of the molecule is Br.COc1ccccc1CN=C(N)NC1CC(c2ccc(C(F)(F)F)cc2)C1. The number of hydrogen-bond acceptors (Lipinski definition) is 2. The van der Waals surface area contributed by atoms with Crippen LogP contribution >= 0.6 is 17.0 Å². The monoisotopic (exact) mass is 457 g/mol. The van der Waals surface area contributed by atoms with Crippen LogP contribution in [0.15, 0.2) is 53.5 Å². The van der Waals surface area contributed by atoms with Crippen LogP contribution in [0.3, 0.4) is 0 Å². The summed E-state index contributed by atoms with van der Waals surface area (Å²) in [6.07, 6.45) is -2.67. The molecule has 152 valence electrons. The molecule has 0 unspecified atom stereocenters. The molecule has 2 aromatic carbocycles. The Hall–Kier alpha value is -2.22. The van der Waals surface area contributed by atoms with Crippen LogP contribution in [0.4, 0.5) is 13.2 Å². The van der Waals surface area contributed by atoms with Crippen molar-refractivity contribution in [1.29, 1.82) is 0 Å². The average Bonchev–Trinajstić information content (AvgIpc) is 2.62. The van der Waals surface area contributed by atoms with Crippen molar-refractivity contribution in [2.24, 2.45) is 10.7 Å². The third-order valence-electron chi connectivity index (χ3n) is 4.81. The van der Waals surface area contributed by atoms with Crippen molar-refractivity contribution in [2.45, 2.75) is 37.5 Å². The third kappa shape index (κ3) is 5.41. The fourth-order valence-electron chi connectivity index (χ4n) is 3.21. The fourth-order valence-corrected chi connectivity index (χ4v) is 3.21. The van der Waals surface area contributed by atoms with Gasteiger partial charge in [0, 0.05) is 11.6 Å². The van der Waals surface area contributed by atoms with E-state index in [1.165, 1.54) is 0 Å². The maximum Gasteiger partial charge on any atom is 0.416 e. The summed E-state index contributed by atoms with van der Waals surface area (Å²) in [4.78, 5) is 4.34. The first-order valence-corrected chi connectivity index (χ1v) is 8.72. The summed E-state index contributed by atoms with van der Waals surface area (Å²) < 4.78 is 43.1. The number of hydrogen-bond donors (Lipinski definition) is 2. The van der Waals surface area contributed by atoms with Gasteiger partial charge in [-0.15, -0.1) is 17.0 Å². The molecule has 0 radical (unpaired) electrons. The van der Waals surface area contributed by atoms with Crippen molar-refractivity contribution >= 4 is 22.9 Å².